The van der Waals surface area contributed by atoms with Crippen LogP contribution in [0, 0.1) is 0 Å². The maximum Gasteiger partial charge on any atom is 0.328 e. The Morgan fingerprint density at radius 2 is 1.17 bits per heavy atom. The smallest absolute Gasteiger partial charge is 0.328 e. The second-order valence-electron chi connectivity index (χ2n) is 4.73. The van der Waals surface area contributed by atoms with Crippen LogP contribution in [0.2, 0.25) is 0 Å². The van der Waals surface area contributed by atoms with Crippen molar-refractivity contribution in [3.63, 3.8) is 0 Å². The summed E-state index contributed by atoms with van der Waals surface area (Å²) in [4.78, 5) is 44.0. The van der Waals surface area contributed by atoms with Gasteiger partial charge in [-0.3, -0.25) is 9.59 Å². The lowest BCUT2D eigenvalue weighted by Gasteiger charge is -2.13. The third kappa shape index (κ3) is 6.14. The van der Waals surface area contributed by atoms with E-state index < -0.39 is 11.9 Å². The van der Waals surface area contributed by atoms with Gasteiger partial charge >= 0.3 is 11.9 Å². The number of carbonyl (C=O) groups is 4. The van der Waals surface area contributed by atoms with Gasteiger partial charge in [0.2, 0.25) is 11.8 Å². The van der Waals surface area contributed by atoms with Crippen molar-refractivity contribution in [1.29, 1.82) is 0 Å². The number of nitrogens with one attached hydrogen (secondary N) is 2. The second-order valence-corrected chi connectivity index (χ2v) is 4.73. The lowest BCUT2D eigenvalue weighted by Crippen LogP contribution is -2.11. The van der Waals surface area contributed by atoms with Gasteiger partial charge in [0.05, 0.1) is 11.4 Å². The quantitative estimate of drug-likeness (QED) is 0.587. The van der Waals surface area contributed by atoms with E-state index in [0.29, 0.717) is 11.1 Å². The lowest BCUT2D eigenvalue weighted by molar-refractivity contribution is -0.132. The molecule has 0 atom stereocenters. The molecule has 2 amide bonds. The molecule has 0 saturated heterocycles. The maximum atomic E-state index is 11.3. The van der Waals surface area contributed by atoms with Gasteiger partial charge < -0.3 is 20.8 Å². The second kappa shape index (κ2) is 8.28. The Kier molecular flexibility index (Phi) is 6.42. The highest BCUT2D eigenvalue weighted by molar-refractivity contribution is 5.98. The van der Waals surface area contributed by atoms with Gasteiger partial charge in [-0.1, -0.05) is 0 Å². The van der Waals surface area contributed by atoms with Gasteiger partial charge in [-0.2, -0.15) is 0 Å². The average Bonchev–Trinajstić information content (AvgIpc) is 2.43. The minimum absolute atomic E-state index is 0.274. The van der Waals surface area contributed by atoms with Crippen LogP contribution in [0.1, 0.15) is 25.0 Å². The molecule has 1 aromatic rings. The van der Waals surface area contributed by atoms with E-state index >= 15 is 0 Å². The number of carbonyl (C=O) groups excluding carboxylic acids is 2. The molecule has 24 heavy (non-hydrogen) atoms. The number of carboxylic acid groups (broad SMARTS) is 2. The normalized spacial score (nSPS) is 10.8. The molecule has 0 heterocycles. The molecule has 0 aliphatic carbocycles. The summed E-state index contributed by atoms with van der Waals surface area (Å²) < 4.78 is 0. The first-order chi connectivity index (χ1) is 11.2. The van der Waals surface area contributed by atoms with Gasteiger partial charge in [0, 0.05) is 26.0 Å². The van der Waals surface area contributed by atoms with E-state index in [9.17, 15) is 19.2 Å². The predicted octanol–water partition coefficient (Wildman–Crippen LogP) is 1.80. The number of benzene rings is 1. The Morgan fingerprint density at radius 3 is 1.46 bits per heavy atom. The number of hydrogen-bond donors (Lipinski definition) is 4. The number of carboxylic acids is 2. The van der Waals surface area contributed by atoms with Crippen molar-refractivity contribution in [2.75, 3.05) is 10.6 Å². The van der Waals surface area contributed by atoms with Crippen LogP contribution in [0.5, 0.6) is 0 Å². The fourth-order valence-corrected chi connectivity index (χ4v) is 1.83. The van der Waals surface area contributed by atoms with Gasteiger partial charge in [-0.15, -0.1) is 0 Å². The molecule has 0 spiro atoms. The van der Waals surface area contributed by atoms with Crippen LogP contribution in [0.4, 0.5) is 11.4 Å². The Morgan fingerprint density at radius 1 is 0.792 bits per heavy atom. The van der Waals surface area contributed by atoms with E-state index in [1.165, 1.54) is 38.1 Å². The fraction of sp³-hybridized carbons (Fsp3) is 0.125. The summed E-state index contributed by atoms with van der Waals surface area (Å²) >= 11 is 0. The molecule has 4 N–H and O–H groups in total. The van der Waals surface area contributed by atoms with Gasteiger partial charge in [0.1, 0.15) is 0 Å². The number of amides is 2. The number of anilines is 2. The fourth-order valence-electron chi connectivity index (χ4n) is 1.83. The third-order valence-corrected chi connectivity index (χ3v) is 2.65. The molecule has 0 saturated carbocycles. The van der Waals surface area contributed by atoms with E-state index in [2.05, 4.69) is 10.6 Å². The summed E-state index contributed by atoms with van der Waals surface area (Å²) in [6.45, 7) is 2.56. The minimum atomic E-state index is -1.18. The summed E-state index contributed by atoms with van der Waals surface area (Å²) in [6.07, 6.45) is 4.26. The third-order valence-electron chi connectivity index (χ3n) is 2.65. The van der Waals surface area contributed by atoms with E-state index in [1.54, 1.807) is 0 Å². The largest absolute Gasteiger partial charge is 0.478 e. The van der Waals surface area contributed by atoms with Crippen LogP contribution in [0.3, 0.4) is 0 Å². The molecule has 0 radical (unpaired) electrons. The number of aliphatic carboxylic acids is 2. The predicted molar refractivity (Wildman–Crippen MR) is 88.4 cm³/mol. The molecule has 8 heteroatoms. The van der Waals surface area contributed by atoms with Crippen molar-refractivity contribution in [2.24, 2.45) is 0 Å². The zero-order valence-electron chi connectivity index (χ0n) is 13.0. The Hall–Kier alpha value is -3.42. The molecular weight excluding hydrogens is 316 g/mol. The molecule has 8 nitrogen and oxygen atoms in total. The maximum absolute atomic E-state index is 11.3. The van der Waals surface area contributed by atoms with E-state index in [4.69, 9.17) is 10.2 Å². The Bertz CT molecular complexity index is 690. The van der Waals surface area contributed by atoms with Crippen molar-refractivity contribution in [1.82, 2.24) is 0 Å². The average molecular weight is 332 g/mol. The molecule has 0 unspecified atom stereocenters. The van der Waals surface area contributed by atoms with Gasteiger partial charge in [-0.05, 0) is 35.4 Å². The van der Waals surface area contributed by atoms with Crippen LogP contribution in [0.25, 0.3) is 12.2 Å². The molecule has 0 aliphatic heterocycles. The van der Waals surface area contributed by atoms with Crippen LogP contribution < -0.4 is 10.6 Å². The molecule has 0 bridgehead atoms. The highest BCUT2D eigenvalue weighted by atomic mass is 16.4. The molecule has 126 valence electrons. The standard InChI is InChI=1S/C16H16N2O6/c1-9(19)17-13-8-14(18-10(2)20)12(4-6-16(23)24)7-11(13)3-5-15(21)22/h3-8H,1-2H3,(H,17,19)(H,18,20)(H,21,22)(H,23,24). The molecule has 0 aromatic heterocycles. The van der Waals surface area contributed by atoms with E-state index in [1.807, 2.05) is 0 Å². The SMILES string of the molecule is CC(=O)Nc1cc(NC(C)=O)c(C=CC(=O)O)cc1C=CC(=O)O. The molecule has 0 fully saturated rings. The van der Waals surface area contributed by atoms with Crippen molar-refractivity contribution in [2.45, 2.75) is 13.8 Å². The summed E-state index contributed by atoms with van der Waals surface area (Å²) in [7, 11) is 0. The first-order valence-corrected chi connectivity index (χ1v) is 6.74. The molecule has 0 aliphatic rings. The molecule has 1 rings (SSSR count). The van der Waals surface area contributed by atoms with Crippen LogP contribution in [-0.2, 0) is 19.2 Å². The Balaban J connectivity index is 3.50. The van der Waals surface area contributed by atoms with E-state index in [-0.39, 0.29) is 23.2 Å². The Labute approximate surface area is 137 Å². The van der Waals surface area contributed by atoms with Crippen LogP contribution >= 0.6 is 0 Å². The monoisotopic (exact) mass is 332 g/mol. The van der Waals surface area contributed by atoms with Gasteiger partial charge in [0.25, 0.3) is 0 Å². The highest BCUT2D eigenvalue weighted by Crippen LogP contribution is 2.28. The van der Waals surface area contributed by atoms with Crippen molar-refractivity contribution in [3.05, 3.63) is 35.4 Å². The van der Waals surface area contributed by atoms with Crippen molar-refractivity contribution in [3.8, 4) is 0 Å². The number of hydrogen-bond acceptors (Lipinski definition) is 4. The first kappa shape index (κ1) is 18.6. The zero-order chi connectivity index (χ0) is 18.3. The van der Waals surface area contributed by atoms with Crippen LogP contribution in [-0.4, -0.2) is 34.0 Å². The summed E-state index contributed by atoms with van der Waals surface area (Å²) in [5.74, 6) is -3.14. The van der Waals surface area contributed by atoms with Crippen LogP contribution in [0.15, 0.2) is 24.3 Å². The molecule has 1 aromatic carbocycles. The van der Waals surface area contributed by atoms with Crippen molar-refractivity contribution >= 4 is 47.3 Å². The number of rotatable bonds is 6. The van der Waals surface area contributed by atoms with Crippen molar-refractivity contribution < 1.29 is 29.4 Å². The molecular formula is C16H16N2O6. The van der Waals surface area contributed by atoms with Gasteiger partial charge in [-0.25, -0.2) is 9.59 Å². The zero-order valence-corrected chi connectivity index (χ0v) is 13.0. The van der Waals surface area contributed by atoms with Gasteiger partial charge in [0.15, 0.2) is 0 Å². The summed E-state index contributed by atoms with van der Waals surface area (Å²) in [5.41, 5.74) is 1.23. The summed E-state index contributed by atoms with van der Waals surface area (Å²) in [5, 5.41) is 22.5. The first-order valence-electron chi connectivity index (χ1n) is 6.74. The lowest BCUT2D eigenvalue weighted by atomic mass is 10.0. The van der Waals surface area contributed by atoms with E-state index in [0.717, 1.165) is 12.2 Å². The highest BCUT2D eigenvalue weighted by Gasteiger charge is 2.10. The summed E-state index contributed by atoms with van der Waals surface area (Å²) in [6, 6.07) is 2.88. The topological polar surface area (TPSA) is 133 Å². The minimum Gasteiger partial charge on any atom is -0.478 e.